The number of thioether (sulfide) groups is 1. The zero-order valence-corrected chi connectivity index (χ0v) is 10.3. The van der Waals surface area contributed by atoms with Gasteiger partial charge in [0.1, 0.15) is 0 Å². The molecule has 0 radical (unpaired) electrons. The van der Waals surface area contributed by atoms with Gasteiger partial charge in [-0.25, -0.2) is 0 Å². The first-order chi connectivity index (χ1) is 8.20. The zero-order chi connectivity index (χ0) is 12.3. The van der Waals surface area contributed by atoms with Gasteiger partial charge in [-0.3, -0.25) is 4.79 Å². The number of carbonyl (C=O) groups is 1. The normalized spacial score (nSPS) is 10.2. The van der Waals surface area contributed by atoms with Gasteiger partial charge in [0.05, 0.1) is 0 Å². The fourth-order valence-corrected chi connectivity index (χ4v) is 1.80. The molecule has 2 rings (SSSR count). The molecule has 0 bridgehead atoms. The molecule has 5 nitrogen and oxygen atoms in total. The van der Waals surface area contributed by atoms with Crippen molar-refractivity contribution >= 4 is 23.4 Å². The highest BCUT2D eigenvalue weighted by Gasteiger charge is 2.15. The van der Waals surface area contributed by atoms with Gasteiger partial charge in [0.2, 0.25) is 0 Å². The second kappa shape index (κ2) is 5.01. The van der Waals surface area contributed by atoms with Crippen LogP contribution in [-0.4, -0.2) is 27.6 Å². The van der Waals surface area contributed by atoms with Crippen molar-refractivity contribution in [1.29, 1.82) is 0 Å². The molecule has 17 heavy (non-hydrogen) atoms. The quantitative estimate of drug-likeness (QED) is 0.816. The van der Waals surface area contributed by atoms with Crippen molar-refractivity contribution in [3.63, 3.8) is 0 Å². The number of carbonyl (C=O) groups excluding carboxylic acids is 1. The number of nitrogens with one attached hydrogen (secondary N) is 2. The monoisotopic (exact) mass is 248 g/mol. The van der Waals surface area contributed by atoms with Crippen molar-refractivity contribution in [2.75, 3.05) is 11.6 Å². The Kier molecular flexibility index (Phi) is 3.43. The minimum absolute atomic E-state index is 0.257. The molecule has 0 atom stereocenters. The van der Waals surface area contributed by atoms with E-state index < -0.39 is 0 Å². The van der Waals surface area contributed by atoms with E-state index in [1.54, 1.807) is 0 Å². The minimum Gasteiger partial charge on any atom is -0.321 e. The molecule has 0 spiro atoms. The van der Waals surface area contributed by atoms with Gasteiger partial charge in [0, 0.05) is 5.69 Å². The second-order valence-corrected chi connectivity index (χ2v) is 4.30. The third-order valence-electron chi connectivity index (χ3n) is 2.23. The first kappa shape index (κ1) is 11.7. The lowest BCUT2D eigenvalue weighted by Gasteiger charge is -2.03. The number of aryl methyl sites for hydroxylation is 1. The van der Waals surface area contributed by atoms with Crippen molar-refractivity contribution in [3.05, 3.63) is 35.5 Å². The van der Waals surface area contributed by atoms with Gasteiger partial charge >= 0.3 is 0 Å². The Morgan fingerprint density at radius 2 is 2.00 bits per heavy atom. The fourth-order valence-electron chi connectivity index (χ4n) is 1.34. The highest BCUT2D eigenvalue weighted by Crippen LogP contribution is 2.16. The first-order valence-corrected chi connectivity index (χ1v) is 6.26. The number of rotatable bonds is 3. The zero-order valence-electron chi connectivity index (χ0n) is 9.52. The van der Waals surface area contributed by atoms with Crippen LogP contribution >= 0.6 is 11.8 Å². The number of nitrogens with zero attached hydrogens (tertiary/aromatic N) is 2. The third-order valence-corrected chi connectivity index (χ3v) is 2.91. The Balaban J connectivity index is 2.14. The second-order valence-electron chi connectivity index (χ2n) is 3.50. The highest BCUT2D eigenvalue weighted by atomic mass is 32.2. The SMILES string of the molecule is CSc1n[nH]nc1C(=O)Nc1ccc(C)cc1. The molecule has 88 valence electrons. The molecule has 1 aromatic heterocycles. The number of amides is 1. The van der Waals surface area contributed by atoms with Crippen LogP contribution in [0, 0.1) is 6.92 Å². The van der Waals surface area contributed by atoms with Gasteiger partial charge in [0.15, 0.2) is 10.7 Å². The smallest absolute Gasteiger partial charge is 0.279 e. The van der Waals surface area contributed by atoms with E-state index >= 15 is 0 Å². The van der Waals surface area contributed by atoms with Gasteiger partial charge in [-0.2, -0.15) is 5.21 Å². The number of anilines is 1. The summed E-state index contributed by atoms with van der Waals surface area (Å²) in [5, 5.41) is 13.5. The van der Waals surface area contributed by atoms with E-state index in [4.69, 9.17) is 0 Å². The predicted molar refractivity (Wildman–Crippen MR) is 67.3 cm³/mol. The number of aromatic amines is 1. The topological polar surface area (TPSA) is 70.7 Å². The van der Waals surface area contributed by atoms with Crippen molar-refractivity contribution in [2.45, 2.75) is 11.9 Å². The molecule has 0 aliphatic rings. The van der Waals surface area contributed by atoms with Crippen LogP contribution in [0.25, 0.3) is 0 Å². The predicted octanol–water partition coefficient (Wildman–Crippen LogP) is 2.09. The fraction of sp³-hybridized carbons (Fsp3) is 0.182. The standard InChI is InChI=1S/C11H12N4OS/c1-7-3-5-8(6-4-7)12-10(16)9-11(17-2)14-15-13-9/h3-6H,1-2H3,(H,12,16)(H,13,14,15). The summed E-state index contributed by atoms with van der Waals surface area (Å²) >= 11 is 1.38. The molecule has 0 aliphatic carbocycles. The Morgan fingerprint density at radius 3 is 2.65 bits per heavy atom. The van der Waals surface area contributed by atoms with E-state index in [0.29, 0.717) is 10.7 Å². The van der Waals surface area contributed by atoms with Crippen molar-refractivity contribution < 1.29 is 4.79 Å². The van der Waals surface area contributed by atoms with Crippen LogP contribution in [-0.2, 0) is 0 Å². The molecule has 0 saturated carbocycles. The van der Waals surface area contributed by atoms with Crippen molar-refractivity contribution in [2.24, 2.45) is 0 Å². The number of hydrogen-bond donors (Lipinski definition) is 2. The summed E-state index contributed by atoms with van der Waals surface area (Å²) in [5.74, 6) is -0.257. The van der Waals surface area contributed by atoms with E-state index in [0.717, 1.165) is 11.3 Å². The average molecular weight is 248 g/mol. The van der Waals surface area contributed by atoms with Gasteiger partial charge in [-0.05, 0) is 25.3 Å². The van der Waals surface area contributed by atoms with Crippen LogP contribution < -0.4 is 5.32 Å². The average Bonchev–Trinajstić information content (AvgIpc) is 2.80. The van der Waals surface area contributed by atoms with Crippen molar-refractivity contribution in [3.8, 4) is 0 Å². The molecule has 1 aromatic carbocycles. The molecule has 0 saturated heterocycles. The van der Waals surface area contributed by atoms with Gasteiger partial charge in [-0.15, -0.1) is 22.0 Å². The Morgan fingerprint density at radius 1 is 1.29 bits per heavy atom. The van der Waals surface area contributed by atoms with Crippen LogP contribution in [0.2, 0.25) is 0 Å². The largest absolute Gasteiger partial charge is 0.321 e. The Bertz CT molecular complexity index is 521. The summed E-state index contributed by atoms with van der Waals surface area (Å²) < 4.78 is 0. The van der Waals surface area contributed by atoms with Crippen LogP contribution in [0.5, 0.6) is 0 Å². The lowest BCUT2D eigenvalue weighted by atomic mass is 10.2. The van der Waals surface area contributed by atoms with E-state index in [-0.39, 0.29) is 5.91 Å². The maximum atomic E-state index is 11.9. The van der Waals surface area contributed by atoms with Crippen LogP contribution in [0.3, 0.4) is 0 Å². The number of benzene rings is 1. The molecule has 0 aliphatic heterocycles. The highest BCUT2D eigenvalue weighted by molar-refractivity contribution is 7.98. The maximum Gasteiger partial charge on any atom is 0.279 e. The van der Waals surface area contributed by atoms with Crippen LogP contribution in [0.15, 0.2) is 29.3 Å². The van der Waals surface area contributed by atoms with E-state index in [1.807, 2.05) is 37.4 Å². The molecule has 1 heterocycles. The maximum absolute atomic E-state index is 11.9. The lowest BCUT2D eigenvalue weighted by molar-refractivity contribution is 0.101. The minimum atomic E-state index is -0.257. The molecule has 0 fully saturated rings. The summed E-state index contributed by atoms with van der Waals surface area (Å²) in [6.45, 7) is 2.00. The van der Waals surface area contributed by atoms with E-state index in [1.165, 1.54) is 11.8 Å². The first-order valence-electron chi connectivity index (χ1n) is 5.03. The van der Waals surface area contributed by atoms with Crippen LogP contribution in [0.4, 0.5) is 5.69 Å². The molecule has 2 N–H and O–H groups in total. The Hall–Kier alpha value is -1.82. The summed E-state index contributed by atoms with van der Waals surface area (Å²) in [7, 11) is 0. The van der Waals surface area contributed by atoms with Crippen molar-refractivity contribution in [1.82, 2.24) is 15.4 Å². The molecule has 0 unspecified atom stereocenters. The van der Waals surface area contributed by atoms with Gasteiger partial charge in [0.25, 0.3) is 5.91 Å². The summed E-state index contributed by atoms with van der Waals surface area (Å²) in [6, 6.07) is 7.58. The molecule has 2 aromatic rings. The number of H-pyrrole nitrogens is 1. The Labute approximate surface area is 103 Å². The number of hydrogen-bond acceptors (Lipinski definition) is 4. The summed E-state index contributed by atoms with van der Waals surface area (Å²) in [5.41, 5.74) is 2.21. The molecular weight excluding hydrogens is 236 g/mol. The molecule has 1 amide bonds. The number of aromatic nitrogens is 3. The van der Waals surface area contributed by atoms with Crippen LogP contribution in [0.1, 0.15) is 16.1 Å². The molecular formula is C11H12N4OS. The van der Waals surface area contributed by atoms with E-state index in [2.05, 4.69) is 20.7 Å². The van der Waals surface area contributed by atoms with E-state index in [9.17, 15) is 4.79 Å². The lowest BCUT2D eigenvalue weighted by Crippen LogP contribution is -2.13. The molecule has 6 heteroatoms. The third kappa shape index (κ3) is 2.65. The van der Waals surface area contributed by atoms with Gasteiger partial charge in [-0.1, -0.05) is 17.7 Å². The van der Waals surface area contributed by atoms with Gasteiger partial charge < -0.3 is 5.32 Å². The summed E-state index contributed by atoms with van der Waals surface area (Å²) in [4.78, 5) is 11.9. The summed E-state index contributed by atoms with van der Waals surface area (Å²) in [6.07, 6.45) is 1.85.